The summed E-state index contributed by atoms with van der Waals surface area (Å²) >= 11 is 0. The monoisotopic (exact) mass is 677 g/mol. The van der Waals surface area contributed by atoms with Crippen LogP contribution in [0.15, 0.2) is 18.2 Å². The van der Waals surface area contributed by atoms with Crippen molar-refractivity contribution < 1.29 is 24.1 Å². The molecule has 1 amide bonds. The molecular formula is C35H65Cl2N3O5. The van der Waals surface area contributed by atoms with Gasteiger partial charge in [0.15, 0.2) is 11.5 Å². The summed E-state index contributed by atoms with van der Waals surface area (Å²) in [6, 6.07) is 5.75. The van der Waals surface area contributed by atoms with Gasteiger partial charge in [0.2, 0.25) is 5.91 Å². The number of nitrogens with zero attached hydrogens (tertiary/aromatic N) is 1. The Bertz CT molecular complexity index is 989. The Balaban J connectivity index is 0.00000968. The Morgan fingerprint density at radius 1 is 1.00 bits per heavy atom. The number of aliphatic hydroxyl groups excluding tert-OH is 1. The van der Waals surface area contributed by atoms with E-state index in [1.165, 1.54) is 0 Å². The Hall–Kier alpha value is -1.29. The molecule has 10 heteroatoms. The third kappa shape index (κ3) is 13.0. The number of amides is 1. The normalized spacial score (nSPS) is 19.2. The molecule has 1 aromatic rings. The van der Waals surface area contributed by atoms with Crippen LogP contribution < -0.4 is 20.5 Å². The standard InChI is InChI=1S/C35H63N3O5.2ClH/c1-23(2)26(17-25-13-14-31(42-11)32(18-25)43-16-12-15-41-10)19-29(36)30(39)20-28(24(3)4)33(40)37-27-21-34(5,6)38(9)35(7,8)22-27;;/h13-14,18,23-24,26-30,39H,12,15-17,19-22,36H2,1-11H3,(H,37,40);2*1H. The van der Waals surface area contributed by atoms with Gasteiger partial charge in [-0.1, -0.05) is 33.8 Å². The summed E-state index contributed by atoms with van der Waals surface area (Å²) in [5, 5.41) is 14.6. The maximum absolute atomic E-state index is 13.6. The fourth-order valence-corrected chi connectivity index (χ4v) is 6.65. The van der Waals surface area contributed by atoms with Crippen molar-refractivity contribution in [1.29, 1.82) is 0 Å². The Morgan fingerprint density at radius 3 is 2.11 bits per heavy atom. The van der Waals surface area contributed by atoms with Gasteiger partial charge in [0.1, 0.15) is 0 Å². The quantitative estimate of drug-likeness (QED) is 0.167. The van der Waals surface area contributed by atoms with Crippen molar-refractivity contribution in [2.24, 2.45) is 29.4 Å². The first-order valence-electron chi connectivity index (χ1n) is 16.3. The minimum atomic E-state index is -0.764. The number of nitrogens with one attached hydrogen (secondary N) is 1. The summed E-state index contributed by atoms with van der Waals surface area (Å²) in [7, 11) is 5.50. The number of aliphatic hydroxyl groups is 1. The molecule has 4 unspecified atom stereocenters. The molecule has 1 fully saturated rings. The third-order valence-corrected chi connectivity index (χ3v) is 9.78. The Morgan fingerprint density at radius 2 is 1.60 bits per heavy atom. The second-order valence-electron chi connectivity index (χ2n) is 14.7. The van der Waals surface area contributed by atoms with Crippen molar-refractivity contribution in [1.82, 2.24) is 10.2 Å². The highest BCUT2D eigenvalue weighted by molar-refractivity contribution is 5.85. The zero-order chi connectivity index (χ0) is 32.5. The number of piperidine rings is 1. The predicted molar refractivity (Wildman–Crippen MR) is 190 cm³/mol. The van der Waals surface area contributed by atoms with Gasteiger partial charge in [0, 0.05) is 49.2 Å². The topological polar surface area (TPSA) is 106 Å². The van der Waals surface area contributed by atoms with E-state index >= 15 is 0 Å². The van der Waals surface area contributed by atoms with Gasteiger partial charge in [0.05, 0.1) is 19.8 Å². The molecule has 264 valence electrons. The van der Waals surface area contributed by atoms with E-state index in [0.29, 0.717) is 37.7 Å². The van der Waals surface area contributed by atoms with Crippen molar-refractivity contribution in [3.05, 3.63) is 23.8 Å². The van der Waals surface area contributed by atoms with E-state index in [-0.39, 0.29) is 65.6 Å². The SMILES string of the molecule is COCCCOc1cc(CC(CC(N)C(O)CC(C(=O)NC2CC(C)(C)N(C)C(C)(C)C2)C(C)C)C(C)C)ccc1OC.Cl.Cl. The van der Waals surface area contributed by atoms with E-state index in [1.807, 2.05) is 12.1 Å². The van der Waals surface area contributed by atoms with Crippen LogP contribution in [0.3, 0.4) is 0 Å². The molecule has 1 aliphatic heterocycles. The lowest BCUT2D eigenvalue weighted by Crippen LogP contribution is -2.63. The number of halogens is 2. The summed E-state index contributed by atoms with van der Waals surface area (Å²) in [4.78, 5) is 16.0. The molecule has 1 aliphatic rings. The molecule has 0 saturated carbocycles. The minimum absolute atomic E-state index is 0. The first-order chi connectivity index (χ1) is 20.0. The van der Waals surface area contributed by atoms with Gasteiger partial charge < -0.3 is 30.4 Å². The number of carbonyl (C=O) groups excluding carboxylic acids is 1. The van der Waals surface area contributed by atoms with E-state index in [9.17, 15) is 9.90 Å². The fourth-order valence-electron chi connectivity index (χ4n) is 6.65. The molecule has 0 spiro atoms. The van der Waals surface area contributed by atoms with Crippen LogP contribution in [0.1, 0.15) is 93.1 Å². The molecule has 0 radical (unpaired) electrons. The smallest absolute Gasteiger partial charge is 0.223 e. The summed E-state index contributed by atoms with van der Waals surface area (Å²) in [6.45, 7) is 18.7. The van der Waals surface area contributed by atoms with Crippen LogP contribution in [0.5, 0.6) is 11.5 Å². The number of hydrogen-bond acceptors (Lipinski definition) is 7. The van der Waals surface area contributed by atoms with E-state index in [1.54, 1.807) is 14.2 Å². The van der Waals surface area contributed by atoms with Crippen LogP contribution in [0, 0.1) is 23.7 Å². The van der Waals surface area contributed by atoms with Crippen LogP contribution >= 0.6 is 24.8 Å². The molecule has 0 aliphatic carbocycles. The van der Waals surface area contributed by atoms with Gasteiger partial charge in [0.25, 0.3) is 0 Å². The summed E-state index contributed by atoms with van der Waals surface area (Å²) in [6.07, 6.45) is 3.66. The Kier molecular flexibility index (Phi) is 19.0. The van der Waals surface area contributed by atoms with Crippen molar-refractivity contribution in [3.63, 3.8) is 0 Å². The average Bonchev–Trinajstić information content (AvgIpc) is 2.91. The second-order valence-corrected chi connectivity index (χ2v) is 14.7. The first-order valence-corrected chi connectivity index (χ1v) is 16.3. The summed E-state index contributed by atoms with van der Waals surface area (Å²) in [5.41, 5.74) is 7.77. The van der Waals surface area contributed by atoms with E-state index in [2.05, 4.69) is 78.7 Å². The van der Waals surface area contributed by atoms with Crippen LogP contribution in [-0.4, -0.2) is 79.7 Å². The maximum atomic E-state index is 13.6. The molecule has 0 aromatic heterocycles. The molecule has 1 heterocycles. The molecule has 2 rings (SSSR count). The lowest BCUT2D eigenvalue weighted by molar-refractivity contribution is -0.130. The first kappa shape index (κ1) is 43.7. The number of hydrogen-bond donors (Lipinski definition) is 3. The highest BCUT2D eigenvalue weighted by Gasteiger charge is 2.44. The van der Waals surface area contributed by atoms with Gasteiger partial charge in [-0.05, 0) is 102 Å². The van der Waals surface area contributed by atoms with Gasteiger partial charge in [-0.15, -0.1) is 24.8 Å². The summed E-state index contributed by atoms with van der Waals surface area (Å²) in [5.74, 6) is 1.88. The van der Waals surface area contributed by atoms with Crippen LogP contribution in [0.25, 0.3) is 0 Å². The van der Waals surface area contributed by atoms with Gasteiger partial charge in [-0.2, -0.15) is 0 Å². The average molecular weight is 679 g/mol. The lowest BCUT2D eigenvalue weighted by Gasteiger charge is -2.53. The largest absolute Gasteiger partial charge is 0.493 e. The van der Waals surface area contributed by atoms with Crippen molar-refractivity contribution in [2.45, 2.75) is 123 Å². The van der Waals surface area contributed by atoms with Crippen LogP contribution in [-0.2, 0) is 16.0 Å². The van der Waals surface area contributed by atoms with E-state index < -0.39 is 12.1 Å². The number of nitrogens with two attached hydrogens (primary N) is 1. The van der Waals surface area contributed by atoms with Gasteiger partial charge in [-0.25, -0.2) is 0 Å². The Labute approximate surface area is 286 Å². The molecule has 4 N–H and O–H groups in total. The van der Waals surface area contributed by atoms with E-state index in [0.717, 1.165) is 37.0 Å². The zero-order valence-corrected chi connectivity index (χ0v) is 31.5. The van der Waals surface area contributed by atoms with Gasteiger partial charge in [-0.3, -0.25) is 9.69 Å². The molecule has 4 atom stereocenters. The molecule has 1 saturated heterocycles. The molecular weight excluding hydrogens is 613 g/mol. The van der Waals surface area contributed by atoms with Crippen molar-refractivity contribution in [3.8, 4) is 11.5 Å². The predicted octanol–water partition coefficient (Wildman–Crippen LogP) is 6.28. The lowest BCUT2D eigenvalue weighted by atomic mass is 9.77. The number of carbonyl (C=O) groups is 1. The maximum Gasteiger partial charge on any atom is 0.223 e. The third-order valence-electron chi connectivity index (χ3n) is 9.78. The minimum Gasteiger partial charge on any atom is -0.493 e. The molecule has 0 bridgehead atoms. The van der Waals surface area contributed by atoms with Crippen molar-refractivity contribution >= 4 is 30.7 Å². The molecule has 45 heavy (non-hydrogen) atoms. The number of rotatable bonds is 17. The number of methoxy groups -OCH3 is 2. The van der Waals surface area contributed by atoms with Crippen LogP contribution in [0.2, 0.25) is 0 Å². The second kappa shape index (κ2) is 19.5. The fraction of sp³-hybridized carbons (Fsp3) is 0.800. The highest BCUT2D eigenvalue weighted by Crippen LogP contribution is 2.37. The van der Waals surface area contributed by atoms with Crippen molar-refractivity contribution in [2.75, 3.05) is 34.5 Å². The van der Waals surface area contributed by atoms with E-state index in [4.69, 9.17) is 19.9 Å². The van der Waals surface area contributed by atoms with Crippen LogP contribution in [0.4, 0.5) is 0 Å². The zero-order valence-electron chi connectivity index (χ0n) is 29.9. The number of likely N-dealkylation sites (tertiary alicyclic amines) is 1. The molecule has 1 aromatic carbocycles. The molecule has 8 nitrogen and oxygen atoms in total. The van der Waals surface area contributed by atoms with Gasteiger partial charge >= 0.3 is 0 Å². The number of ether oxygens (including phenoxy) is 3. The highest BCUT2D eigenvalue weighted by atomic mass is 35.5. The summed E-state index contributed by atoms with van der Waals surface area (Å²) < 4.78 is 16.6. The number of benzene rings is 1.